The summed E-state index contributed by atoms with van der Waals surface area (Å²) in [4.78, 5) is 18.5. The Hall–Kier alpha value is -0.530. The summed E-state index contributed by atoms with van der Waals surface area (Å²) in [5.41, 5.74) is 0.364. The molecule has 6 heteroatoms. The Balaban J connectivity index is 0.00000288. The first kappa shape index (κ1) is 21.5. The third-order valence-electron chi connectivity index (χ3n) is 5.05. The lowest BCUT2D eigenvalue weighted by atomic mass is 9.79. The van der Waals surface area contributed by atoms with Crippen LogP contribution in [0.5, 0.6) is 0 Å². The summed E-state index contributed by atoms with van der Waals surface area (Å²) in [5, 5.41) is 6.58. The molecule has 2 aliphatic rings. The molecule has 0 aromatic heterocycles. The number of carbonyl (C=O) groups excluding carboxylic acids is 1. The van der Waals surface area contributed by atoms with Crippen LogP contribution in [0, 0.1) is 16.7 Å². The Bertz CT molecular complexity index is 464. The first-order chi connectivity index (χ1) is 10.8. The molecular weight excluding hydrogens is 415 g/mol. The number of aliphatic imine (C=N–C) groups is 1. The van der Waals surface area contributed by atoms with Crippen molar-refractivity contribution in [2.45, 2.75) is 53.4 Å². The topological polar surface area (TPSA) is 56.7 Å². The van der Waals surface area contributed by atoms with E-state index in [4.69, 9.17) is 0 Å². The number of guanidine groups is 1. The molecular formula is C18H35IN4O. The second kappa shape index (κ2) is 8.72. The van der Waals surface area contributed by atoms with E-state index in [1.165, 1.54) is 6.42 Å². The molecule has 2 heterocycles. The predicted molar refractivity (Wildman–Crippen MR) is 111 cm³/mol. The molecule has 1 unspecified atom stereocenters. The zero-order valence-electron chi connectivity index (χ0n) is 15.9. The SMILES string of the molecule is CN=C(NCC(C)(C)CC(C)C)N1CCCC2(CNC(=O)C2)C1.I. The first-order valence-corrected chi connectivity index (χ1v) is 8.98. The van der Waals surface area contributed by atoms with Gasteiger partial charge in [0.1, 0.15) is 0 Å². The van der Waals surface area contributed by atoms with E-state index >= 15 is 0 Å². The minimum atomic E-state index is 0. The van der Waals surface area contributed by atoms with E-state index in [1.54, 1.807) is 0 Å². The molecule has 5 nitrogen and oxygen atoms in total. The molecule has 2 saturated heterocycles. The number of hydrogen-bond acceptors (Lipinski definition) is 2. The molecule has 0 aliphatic carbocycles. The van der Waals surface area contributed by atoms with Gasteiger partial charge in [0.25, 0.3) is 0 Å². The Morgan fingerprint density at radius 3 is 2.71 bits per heavy atom. The fourth-order valence-electron chi connectivity index (χ4n) is 4.26. The highest BCUT2D eigenvalue weighted by Crippen LogP contribution is 2.36. The van der Waals surface area contributed by atoms with E-state index < -0.39 is 0 Å². The van der Waals surface area contributed by atoms with E-state index in [0.717, 1.165) is 45.0 Å². The van der Waals surface area contributed by atoms with Crippen LogP contribution in [-0.2, 0) is 4.79 Å². The molecule has 1 atom stereocenters. The van der Waals surface area contributed by atoms with Gasteiger partial charge in [0.2, 0.25) is 5.91 Å². The summed E-state index contributed by atoms with van der Waals surface area (Å²) in [6, 6.07) is 0. The van der Waals surface area contributed by atoms with Gasteiger partial charge in [-0.3, -0.25) is 9.79 Å². The minimum absolute atomic E-state index is 0. The summed E-state index contributed by atoms with van der Waals surface area (Å²) < 4.78 is 0. The lowest BCUT2D eigenvalue weighted by molar-refractivity contribution is -0.119. The molecule has 0 bridgehead atoms. The molecule has 140 valence electrons. The van der Waals surface area contributed by atoms with Crippen LogP contribution in [0.3, 0.4) is 0 Å². The third-order valence-corrected chi connectivity index (χ3v) is 5.05. The highest BCUT2D eigenvalue weighted by Gasteiger charge is 2.42. The smallest absolute Gasteiger partial charge is 0.220 e. The van der Waals surface area contributed by atoms with Crippen LogP contribution >= 0.6 is 24.0 Å². The number of halogens is 1. The van der Waals surface area contributed by atoms with Crippen molar-refractivity contribution >= 4 is 35.8 Å². The van der Waals surface area contributed by atoms with Gasteiger partial charge < -0.3 is 15.5 Å². The second-order valence-corrected chi connectivity index (χ2v) is 8.64. The summed E-state index contributed by atoms with van der Waals surface area (Å²) in [5.74, 6) is 1.88. The first-order valence-electron chi connectivity index (χ1n) is 8.98. The maximum absolute atomic E-state index is 11.6. The highest BCUT2D eigenvalue weighted by molar-refractivity contribution is 14.0. The fourth-order valence-corrected chi connectivity index (χ4v) is 4.26. The number of likely N-dealkylation sites (tertiary alicyclic amines) is 1. The number of carbonyl (C=O) groups is 1. The number of rotatable bonds is 4. The number of piperidine rings is 1. The molecule has 2 fully saturated rings. The third kappa shape index (κ3) is 5.77. The number of hydrogen-bond donors (Lipinski definition) is 2. The molecule has 24 heavy (non-hydrogen) atoms. The van der Waals surface area contributed by atoms with E-state index in [2.05, 4.69) is 48.2 Å². The highest BCUT2D eigenvalue weighted by atomic mass is 127. The quantitative estimate of drug-likeness (QED) is 0.394. The summed E-state index contributed by atoms with van der Waals surface area (Å²) in [6.07, 6.45) is 4.13. The molecule has 0 radical (unpaired) electrons. The molecule has 2 aliphatic heterocycles. The fraction of sp³-hybridized carbons (Fsp3) is 0.889. The van der Waals surface area contributed by atoms with Crippen molar-refractivity contribution in [2.75, 3.05) is 33.2 Å². The monoisotopic (exact) mass is 450 g/mol. The molecule has 0 aromatic rings. The van der Waals surface area contributed by atoms with Crippen LogP contribution in [0.15, 0.2) is 4.99 Å². The van der Waals surface area contributed by atoms with Crippen molar-refractivity contribution in [1.82, 2.24) is 15.5 Å². The molecule has 2 rings (SSSR count). The van der Waals surface area contributed by atoms with Gasteiger partial charge >= 0.3 is 0 Å². The molecule has 2 N–H and O–H groups in total. The van der Waals surface area contributed by atoms with Crippen LogP contribution in [0.4, 0.5) is 0 Å². The van der Waals surface area contributed by atoms with Crippen molar-refractivity contribution in [3.05, 3.63) is 0 Å². The van der Waals surface area contributed by atoms with Crippen molar-refractivity contribution in [1.29, 1.82) is 0 Å². The maximum atomic E-state index is 11.6. The Morgan fingerprint density at radius 2 is 2.17 bits per heavy atom. The van der Waals surface area contributed by atoms with Crippen LogP contribution in [0.2, 0.25) is 0 Å². The van der Waals surface area contributed by atoms with Crippen molar-refractivity contribution in [2.24, 2.45) is 21.7 Å². The van der Waals surface area contributed by atoms with Crippen LogP contribution in [-0.4, -0.2) is 50.0 Å². The lowest BCUT2D eigenvalue weighted by Crippen LogP contribution is -2.52. The van der Waals surface area contributed by atoms with Gasteiger partial charge in [0.15, 0.2) is 5.96 Å². The van der Waals surface area contributed by atoms with Gasteiger partial charge in [0, 0.05) is 45.1 Å². The average Bonchev–Trinajstić information content (AvgIpc) is 2.78. The summed E-state index contributed by atoms with van der Waals surface area (Å²) in [7, 11) is 1.86. The number of nitrogens with one attached hydrogen (secondary N) is 2. The molecule has 0 aromatic carbocycles. The second-order valence-electron chi connectivity index (χ2n) is 8.64. The largest absolute Gasteiger partial charge is 0.356 e. The number of nitrogens with zero attached hydrogens (tertiary/aromatic N) is 2. The van der Waals surface area contributed by atoms with E-state index in [1.807, 2.05) is 7.05 Å². The van der Waals surface area contributed by atoms with Crippen molar-refractivity contribution in [3.63, 3.8) is 0 Å². The van der Waals surface area contributed by atoms with Gasteiger partial charge in [-0.15, -0.1) is 24.0 Å². The van der Waals surface area contributed by atoms with Gasteiger partial charge in [-0.25, -0.2) is 0 Å². The molecule has 1 amide bonds. The number of amides is 1. The van der Waals surface area contributed by atoms with Crippen molar-refractivity contribution in [3.8, 4) is 0 Å². The maximum Gasteiger partial charge on any atom is 0.220 e. The Labute approximate surface area is 164 Å². The molecule has 0 saturated carbocycles. The van der Waals surface area contributed by atoms with Gasteiger partial charge in [-0.05, 0) is 30.6 Å². The average molecular weight is 450 g/mol. The van der Waals surface area contributed by atoms with Crippen molar-refractivity contribution < 1.29 is 4.79 Å². The van der Waals surface area contributed by atoms with Gasteiger partial charge in [-0.2, -0.15) is 0 Å². The van der Waals surface area contributed by atoms with Gasteiger partial charge in [0.05, 0.1) is 0 Å². The van der Waals surface area contributed by atoms with Crippen LogP contribution < -0.4 is 10.6 Å². The van der Waals surface area contributed by atoms with Crippen LogP contribution in [0.25, 0.3) is 0 Å². The van der Waals surface area contributed by atoms with E-state index in [0.29, 0.717) is 12.3 Å². The van der Waals surface area contributed by atoms with E-state index in [-0.39, 0.29) is 40.7 Å². The lowest BCUT2D eigenvalue weighted by Gasteiger charge is -2.41. The van der Waals surface area contributed by atoms with E-state index in [9.17, 15) is 4.79 Å². The normalized spacial score (nSPS) is 25.0. The Kier molecular flexibility index (Phi) is 7.81. The van der Waals surface area contributed by atoms with Gasteiger partial charge in [-0.1, -0.05) is 27.7 Å². The Morgan fingerprint density at radius 1 is 1.46 bits per heavy atom. The minimum Gasteiger partial charge on any atom is -0.356 e. The standard InChI is InChI=1S/C18H34N4O.HI/c1-14(2)9-17(3,4)11-21-16(19-5)22-8-6-7-18(13-22)10-15(23)20-12-18;/h14H,6-13H2,1-5H3,(H,19,21)(H,20,23);1H. The summed E-state index contributed by atoms with van der Waals surface area (Å²) >= 11 is 0. The predicted octanol–water partition coefficient (Wildman–Crippen LogP) is 2.85. The zero-order valence-corrected chi connectivity index (χ0v) is 18.3. The zero-order chi connectivity index (χ0) is 17.1. The molecule has 1 spiro atoms. The summed E-state index contributed by atoms with van der Waals surface area (Å²) in [6.45, 7) is 12.9. The van der Waals surface area contributed by atoms with Crippen LogP contribution in [0.1, 0.15) is 53.4 Å².